The van der Waals surface area contributed by atoms with E-state index in [1.165, 1.54) is 24.4 Å². The predicted molar refractivity (Wildman–Crippen MR) is 90.7 cm³/mol. The average Bonchev–Trinajstić information content (AvgIpc) is 3.16. The van der Waals surface area contributed by atoms with Crippen molar-refractivity contribution in [1.29, 1.82) is 0 Å². The van der Waals surface area contributed by atoms with E-state index >= 15 is 0 Å². The molecule has 0 amide bonds. The summed E-state index contributed by atoms with van der Waals surface area (Å²) in [4.78, 5) is 11.5. The highest BCUT2D eigenvalue weighted by atomic mass is 32.1. The van der Waals surface area contributed by atoms with E-state index in [-0.39, 0.29) is 6.10 Å². The molecular weight excluding hydrogens is 324 g/mol. The molecule has 3 aromatic heterocycles. The second-order valence-corrected chi connectivity index (χ2v) is 7.14. The Morgan fingerprint density at radius 2 is 1.96 bits per heavy atom. The molecule has 1 aliphatic heterocycles. The van der Waals surface area contributed by atoms with E-state index in [4.69, 9.17) is 9.72 Å². The van der Waals surface area contributed by atoms with Gasteiger partial charge in [0.05, 0.1) is 6.20 Å². The molecular formula is C16H18N6OS. The van der Waals surface area contributed by atoms with E-state index in [9.17, 15) is 0 Å². The van der Waals surface area contributed by atoms with Gasteiger partial charge in [0.15, 0.2) is 5.65 Å². The van der Waals surface area contributed by atoms with Crippen molar-refractivity contribution in [3.63, 3.8) is 0 Å². The third-order valence-electron chi connectivity index (χ3n) is 4.61. The fourth-order valence-corrected chi connectivity index (χ4v) is 3.86. The first-order valence-electron chi connectivity index (χ1n) is 8.41. The molecule has 124 valence electrons. The van der Waals surface area contributed by atoms with Gasteiger partial charge in [0.25, 0.3) is 0 Å². The van der Waals surface area contributed by atoms with Crippen molar-refractivity contribution in [1.82, 2.24) is 24.0 Å². The van der Waals surface area contributed by atoms with Crippen LogP contribution in [0.1, 0.15) is 37.4 Å². The molecule has 8 heteroatoms. The first-order valence-corrected chi connectivity index (χ1v) is 9.18. The molecule has 0 aromatic carbocycles. The smallest absolute Gasteiger partial charge is 0.217 e. The molecule has 3 aromatic rings. The van der Waals surface area contributed by atoms with E-state index in [1.54, 1.807) is 10.7 Å². The molecule has 0 spiro atoms. The van der Waals surface area contributed by atoms with Crippen molar-refractivity contribution in [2.75, 3.05) is 18.0 Å². The minimum Gasteiger partial charge on any atom is -0.474 e. The van der Waals surface area contributed by atoms with Crippen LogP contribution in [0, 0.1) is 0 Å². The predicted octanol–water partition coefficient (Wildman–Crippen LogP) is 2.51. The number of hydrogen-bond acceptors (Lipinski definition) is 7. The maximum atomic E-state index is 6.06. The summed E-state index contributed by atoms with van der Waals surface area (Å²) < 4.78 is 12.3. The standard InChI is InChI=1S/C16H18N6OS/c1-2-11(1)15-19-16(24-20-15)21-8-4-12(5-9-21)23-14-6-10-22-13(18-14)3-7-17-22/h3,6-7,10-12H,1-2,4-5,8-9H2. The fraction of sp³-hybridized carbons (Fsp3) is 0.500. The number of nitrogens with zero attached hydrogens (tertiary/aromatic N) is 6. The number of ether oxygens (including phenoxy) is 1. The molecule has 1 saturated carbocycles. The van der Waals surface area contributed by atoms with Crippen molar-refractivity contribution in [3.05, 3.63) is 30.4 Å². The van der Waals surface area contributed by atoms with Crippen molar-refractivity contribution < 1.29 is 4.74 Å². The molecule has 4 heterocycles. The number of fused-ring (bicyclic) bond motifs is 1. The van der Waals surface area contributed by atoms with Gasteiger partial charge in [0.2, 0.25) is 11.0 Å². The van der Waals surface area contributed by atoms with Gasteiger partial charge < -0.3 is 9.64 Å². The lowest BCUT2D eigenvalue weighted by Gasteiger charge is -2.31. The van der Waals surface area contributed by atoms with Crippen LogP contribution in [0.3, 0.4) is 0 Å². The minimum atomic E-state index is 0.204. The minimum absolute atomic E-state index is 0.204. The molecule has 0 N–H and O–H groups in total. The number of hydrogen-bond donors (Lipinski definition) is 0. The SMILES string of the molecule is c1cc2nc(OC3CCN(c4nc(C5CC5)ns4)CC3)ccn2n1. The molecule has 24 heavy (non-hydrogen) atoms. The van der Waals surface area contributed by atoms with Gasteiger partial charge in [0, 0.05) is 61.7 Å². The molecule has 0 atom stereocenters. The molecule has 0 bridgehead atoms. The van der Waals surface area contributed by atoms with Crippen molar-refractivity contribution in [2.24, 2.45) is 0 Å². The Kier molecular flexibility index (Phi) is 3.36. The van der Waals surface area contributed by atoms with Crippen molar-refractivity contribution in [2.45, 2.75) is 37.7 Å². The van der Waals surface area contributed by atoms with E-state index in [0.29, 0.717) is 11.8 Å². The zero-order valence-electron chi connectivity index (χ0n) is 13.2. The Labute approximate surface area is 143 Å². The van der Waals surface area contributed by atoms with Gasteiger partial charge >= 0.3 is 0 Å². The van der Waals surface area contributed by atoms with Crippen molar-refractivity contribution >= 4 is 22.3 Å². The lowest BCUT2D eigenvalue weighted by Crippen LogP contribution is -2.38. The molecule has 7 nitrogen and oxygen atoms in total. The van der Waals surface area contributed by atoms with Crippen LogP contribution in [-0.2, 0) is 0 Å². The van der Waals surface area contributed by atoms with E-state index in [0.717, 1.165) is 42.5 Å². The second-order valence-electron chi connectivity index (χ2n) is 6.41. The first kappa shape index (κ1) is 14.2. The van der Waals surface area contributed by atoms with E-state index < -0.39 is 0 Å². The molecule has 0 radical (unpaired) electrons. The molecule has 1 aliphatic carbocycles. The normalized spacial score (nSPS) is 19.1. The Hall–Kier alpha value is -2.22. The lowest BCUT2D eigenvalue weighted by molar-refractivity contribution is 0.164. The molecule has 2 aliphatic rings. The fourth-order valence-electron chi connectivity index (χ4n) is 3.06. The van der Waals surface area contributed by atoms with Crippen LogP contribution in [0.15, 0.2) is 24.5 Å². The summed E-state index contributed by atoms with van der Waals surface area (Å²) in [6.07, 6.45) is 8.28. The first-order chi connectivity index (χ1) is 11.8. The molecule has 2 fully saturated rings. The Morgan fingerprint density at radius 3 is 2.79 bits per heavy atom. The summed E-state index contributed by atoms with van der Waals surface area (Å²) in [5, 5.41) is 5.21. The summed E-state index contributed by atoms with van der Waals surface area (Å²) in [5.74, 6) is 2.35. The molecule has 0 unspecified atom stereocenters. The number of rotatable bonds is 4. The number of piperidine rings is 1. The van der Waals surface area contributed by atoms with Gasteiger partial charge in [-0.2, -0.15) is 14.5 Å². The van der Waals surface area contributed by atoms with Gasteiger partial charge in [-0.05, 0) is 12.8 Å². The van der Waals surface area contributed by atoms with E-state index in [2.05, 4.69) is 19.4 Å². The van der Waals surface area contributed by atoms with Crippen LogP contribution in [0.25, 0.3) is 5.65 Å². The quantitative estimate of drug-likeness (QED) is 0.726. The van der Waals surface area contributed by atoms with Crippen LogP contribution in [0.2, 0.25) is 0 Å². The summed E-state index contributed by atoms with van der Waals surface area (Å²) in [6, 6.07) is 3.75. The van der Waals surface area contributed by atoms with Crippen LogP contribution in [-0.4, -0.2) is 43.1 Å². The third kappa shape index (κ3) is 2.71. The van der Waals surface area contributed by atoms with Gasteiger partial charge in [-0.3, -0.25) is 0 Å². The Balaban J connectivity index is 1.21. The van der Waals surface area contributed by atoms with Crippen LogP contribution >= 0.6 is 11.5 Å². The summed E-state index contributed by atoms with van der Waals surface area (Å²) in [5.41, 5.74) is 0.811. The molecule has 1 saturated heterocycles. The number of aromatic nitrogens is 5. The highest BCUT2D eigenvalue weighted by Gasteiger charge is 2.29. The van der Waals surface area contributed by atoms with E-state index in [1.807, 2.05) is 18.3 Å². The van der Waals surface area contributed by atoms with Crippen LogP contribution < -0.4 is 9.64 Å². The second kappa shape index (κ2) is 5.70. The van der Waals surface area contributed by atoms with Crippen LogP contribution in [0.4, 0.5) is 5.13 Å². The monoisotopic (exact) mass is 342 g/mol. The maximum Gasteiger partial charge on any atom is 0.217 e. The Bertz CT molecular complexity index is 849. The maximum absolute atomic E-state index is 6.06. The van der Waals surface area contributed by atoms with Gasteiger partial charge in [-0.1, -0.05) is 0 Å². The summed E-state index contributed by atoms with van der Waals surface area (Å²) in [6.45, 7) is 1.91. The highest BCUT2D eigenvalue weighted by Crippen LogP contribution is 2.40. The largest absolute Gasteiger partial charge is 0.474 e. The summed E-state index contributed by atoms with van der Waals surface area (Å²) >= 11 is 1.53. The lowest BCUT2D eigenvalue weighted by atomic mass is 10.1. The van der Waals surface area contributed by atoms with Crippen LogP contribution in [0.5, 0.6) is 5.88 Å². The van der Waals surface area contributed by atoms with Gasteiger partial charge in [0.1, 0.15) is 11.9 Å². The van der Waals surface area contributed by atoms with Crippen molar-refractivity contribution in [3.8, 4) is 5.88 Å². The topological polar surface area (TPSA) is 68.4 Å². The molecule has 5 rings (SSSR count). The number of anilines is 1. The zero-order chi connectivity index (χ0) is 15.9. The Morgan fingerprint density at radius 1 is 1.08 bits per heavy atom. The average molecular weight is 342 g/mol. The van der Waals surface area contributed by atoms with Gasteiger partial charge in [-0.15, -0.1) is 0 Å². The third-order valence-corrected chi connectivity index (χ3v) is 5.40. The summed E-state index contributed by atoms with van der Waals surface area (Å²) in [7, 11) is 0. The van der Waals surface area contributed by atoms with Gasteiger partial charge in [-0.25, -0.2) is 9.50 Å². The zero-order valence-corrected chi connectivity index (χ0v) is 14.0. The highest BCUT2D eigenvalue weighted by molar-refractivity contribution is 7.09.